The Morgan fingerprint density at radius 3 is 2.73 bits per heavy atom. The van der Waals surface area contributed by atoms with Crippen molar-refractivity contribution in [2.24, 2.45) is 0 Å². The summed E-state index contributed by atoms with van der Waals surface area (Å²) < 4.78 is 20.1. The molecule has 0 bridgehead atoms. The number of ether oxygens (including phenoxy) is 3. The number of nitriles is 1. The first kappa shape index (κ1) is 29.2. The highest BCUT2D eigenvalue weighted by molar-refractivity contribution is 5.92. The van der Waals surface area contributed by atoms with Gasteiger partial charge < -0.3 is 23.9 Å². The Morgan fingerprint density at radius 2 is 2.00 bits per heavy atom. The lowest BCUT2D eigenvalue weighted by molar-refractivity contribution is -0.0593. The molecule has 4 aromatic rings. The molecule has 1 N–H and O–H groups in total. The van der Waals surface area contributed by atoms with E-state index < -0.39 is 5.97 Å². The van der Waals surface area contributed by atoms with Gasteiger partial charge in [0.1, 0.15) is 30.4 Å². The molecule has 0 unspecified atom stereocenters. The van der Waals surface area contributed by atoms with Gasteiger partial charge in [0, 0.05) is 31.5 Å². The van der Waals surface area contributed by atoms with Gasteiger partial charge in [0.2, 0.25) is 5.88 Å². The molecule has 0 radical (unpaired) electrons. The van der Waals surface area contributed by atoms with Crippen LogP contribution in [0.25, 0.3) is 11.0 Å². The summed E-state index contributed by atoms with van der Waals surface area (Å²) in [4.78, 5) is 27.9. The molecule has 11 nitrogen and oxygen atoms in total. The van der Waals surface area contributed by atoms with Crippen molar-refractivity contribution < 1.29 is 24.1 Å². The van der Waals surface area contributed by atoms with E-state index >= 15 is 0 Å². The van der Waals surface area contributed by atoms with Crippen LogP contribution in [0.4, 0.5) is 0 Å². The van der Waals surface area contributed by atoms with Gasteiger partial charge in [-0.2, -0.15) is 10.2 Å². The molecule has 7 rings (SSSR count). The SMILES string of the molecule is C[C@H]1C[C@@H](Oc2ccnc(COc3ccc(C4CC4)cc3C#N)n2)CCN1Cc1nc2ccc(C(=O)O)cc2n1C[C@@H]1CCO1. The number of aromatic nitrogens is 4. The molecule has 2 saturated heterocycles. The Morgan fingerprint density at radius 1 is 1.13 bits per heavy atom. The fourth-order valence-corrected chi connectivity index (χ4v) is 6.22. The van der Waals surface area contributed by atoms with E-state index in [4.69, 9.17) is 19.2 Å². The average molecular weight is 609 g/mol. The molecular weight excluding hydrogens is 572 g/mol. The Balaban J connectivity index is 0.979. The number of benzene rings is 2. The van der Waals surface area contributed by atoms with Crippen molar-refractivity contribution in [3.8, 4) is 17.7 Å². The summed E-state index contributed by atoms with van der Waals surface area (Å²) in [7, 11) is 0. The zero-order chi connectivity index (χ0) is 30.9. The van der Waals surface area contributed by atoms with E-state index in [2.05, 4.69) is 32.4 Å². The third kappa shape index (κ3) is 6.48. The molecule has 232 valence electrons. The van der Waals surface area contributed by atoms with Crippen molar-refractivity contribution in [3.63, 3.8) is 0 Å². The molecule has 4 heterocycles. The standard InChI is InChI=1S/C34H36N6O5/c1-21-14-26(45-33-8-11-36-31(38-33)20-44-30-7-5-23(22-2-3-22)15-25(30)17-35)9-12-39(21)19-32-37-28-6-4-24(34(41)42)16-29(28)40(32)18-27-10-13-43-27/h4-8,11,15-16,21-22,26-27H,2-3,9-10,12-14,18-20H2,1H3,(H,41,42)/t21-,26-,27-/m0/s1. The van der Waals surface area contributed by atoms with Crippen molar-refractivity contribution >= 4 is 17.0 Å². The number of aromatic carboxylic acids is 1. The molecule has 2 aliphatic heterocycles. The van der Waals surface area contributed by atoms with Gasteiger partial charge in [0.05, 0.1) is 41.4 Å². The maximum Gasteiger partial charge on any atom is 0.335 e. The minimum absolute atomic E-state index is 0.000367. The summed E-state index contributed by atoms with van der Waals surface area (Å²) in [5.74, 6) is 2.08. The first-order chi connectivity index (χ1) is 21.9. The van der Waals surface area contributed by atoms with E-state index in [9.17, 15) is 15.2 Å². The van der Waals surface area contributed by atoms with Crippen LogP contribution in [0.5, 0.6) is 11.6 Å². The third-order valence-corrected chi connectivity index (χ3v) is 9.06. The van der Waals surface area contributed by atoms with Gasteiger partial charge in [-0.25, -0.2) is 14.8 Å². The van der Waals surface area contributed by atoms with Crippen LogP contribution < -0.4 is 9.47 Å². The van der Waals surface area contributed by atoms with Gasteiger partial charge in [-0.3, -0.25) is 4.90 Å². The van der Waals surface area contributed by atoms with Crippen LogP contribution >= 0.6 is 0 Å². The maximum atomic E-state index is 11.6. The van der Waals surface area contributed by atoms with Gasteiger partial charge in [-0.15, -0.1) is 0 Å². The Kier molecular flexibility index (Phi) is 8.08. The zero-order valence-corrected chi connectivity index (χ0v) is 25.3. The highest BCUT2D eigenvalue weighted by atomic mass is 16.5. The minimum atomic E-state index is -0.948. The maximum absolute atomic E-state index is 11.6. The third-order valence-electron chi connectivity index (χ3n) is 9.06. The average Bonchev–Trinajstić information content (AvgIpc) is 3.81. The molecule has 0 spiro atoms. The predicted molar refractivity (Wildman–Crippen MR) is 164 cm³/mol. The summed E-state index contributed by atoms with van der Waals surface area (Å²) in [6, 6.07) is 15.2. The number of nitrogens with zero attached hydrogens (tertiary/aromatic N) is 6. The molecule has 1 aliphatic carbocycles. The van der Waals surface area contributed by atoms with Crippen LogP contribution in [-0.4, -0.2) is 66.9 Å². The molecule has 2 aromatic heterocycles. The summed E-state index contributed by atoms with van der Waals surface area (Å²) >= 11 is 0. The number of carboxylic acids is 1. The number of hydrogen-bond donors (Lipinski definition) is 1. The van der Waals surface area contributed by atoms with E-state index in [0.717, 1.165) is 49.3 Å². The molecular formula is C34H36N6O5. The van der Waals surface area contributed by atoms with Gasteiger partial charge in [-0.05, 0) is 80.8 Å². The number of hydrogen-bond acceptors (Lipinski definition) is 9. The van der Waals surface area contributed by atoms with Gasteiger partial charge in [0.15, 0.2) is 5.82 Å². The number of imidazole rings is 1. The molecule has 2 aromatic carbocycles. The second-order valence-corrected chi connectivity index (χ2v) is 12.3. The fraction of sp³-hybridized carbons (Fsp3) is 0.441. The predicted octanol–water partition coefficient (Wildman–Crippen LogP) is 5.07. The lowest BCUT2D eigenvalue weighted by atomic mass is 10.0. The molecule has 3 fully saturated rings. The van der Waals surface area contributed by atoms with Gasteiger partial charge in [0.25, 0.3) is 0 Å². The second kappa shape index (κ2) is 12.5. The number of rotatable bonds is 11. The molecule has 1 saturated carbocycles. The van der Waals surface area contributed by atoms with Crippen LogP contribution in [0, 0.1) is 11.3 Å². The first-order valence-electron chi connectivity index (χ1n) is 15.7. The van der Waals surface area contributed by atoms with Crippen LogP contribution in [0.2, 0.25) is 0 Å². The quantitative estimate of drug-likeness (QED) is 0.246. The second-order valence-electron chi connectivity index (χ2n) is 12.3. The van der Waals surface area contributed by atoms with Crippen LogP contribution in [0.1, 0.15) is 78.1 Å². The van der Waals surface area contributed by atoms with Crippen molar-refractivity contribution in [2.75, 3.05) is 13.2 Å². The van der Waals surface area contributed by atoms with E-state index in [-0.39, 0.29) is 30.4 Å². The number of fused-ring (bicyclic) bond motifs is 1. The summed E-state index contributed by atoms with van der Waals surface area (Å²) in [6.45, 7) is 5.23. The monoisotopic (exact) mass is 608 g/mol. The molecule has 45 heavy (non-hydrogen) atoms. The van der Waals surface area contributed by atoms with Crippen LogP contribution in [0.3, 0.4) is 0 Å². The van der Waals surface area contributed by atoms with Crippen molar-refractivity contribution in [3.05, 3.63) is 77.0 Å². The highest BCUT2D eigenvalue weighted by Crippen LogP contribution is 2.41. The summed E-state index contributed by atoms with van der Waals surface area (Å²) in [5, 5.41) is 19.1. The van der Waals surface area contributed by atoms with Gasteiger partial charge >= 0.3 is 5.97 Å². The minimum Gasteiger partial charge on any atom is -0.484 e. The molecule has 3 atom stereocenters. The molecule has 0 amide bonds. The Hall–Kier alpha value is -4.53. The number of piperidine rings is 1. The van der Waals surface area contributed by atoms with Crippen LogP contribution in [-0.2, 0) is 24.4 Å². The highest BCUT2D eigenvalue weighted by Gasteiger charge is 2.30. The summed E-state index contributed by atoms with van der Waals surface area (Å²) in [5.41, 5.74) is 3.60. The van der Waals surface area contributed by atoms with E-state index in [1.807, 2.05) is 18.2 Å². The smallest absolute Gasteiger partial charge is 0.335 e. The Bertz CT molecular complexity index is 1760. The first-order valence-corrected chi connectivity index (χ1v) is 15.7. The summed E-state index contributed by atoms with van der Waals surface area (Å²) in [6.07, 6.45) is 6.79. The lowest BCUT2D eigenvalue weighted by Crippen LogP contribution is -2.44. The number of carbonyl (C=O) groups is 1. The largest absolute Gasteiger partial charge is 0.484 e. The van der Waals surface area contributed by atoms with E-state index in [1.165, 1.54) is 18.4 Å². The van der Waals surface area contributed by atoms with E-state index in [1.54, 1.807) is 30.5 Å². The Labute approximate surface area is 261 Å². The van der Waals surface area contributed by atoms with Crippen molar-refractivity contribution in [1.82, 2.24) is 24.4 Å². The molecule has 3 aliphatic rings. The fourth-order valence-electron chi connectivity index (χ4n) is 6.22. The van der Waals surface area contributed by atoms with Crippen molar-refractivity contribution in [1.29, 1.82) is 5.26 Å². The van der Waals surface area contributed by atoms with Gasteiger partial charge in [-0.1, -0.05) is 6.07 Å². The normalized spacial score (nSPS) is 21.6. The topological polar surface area (TPSA) is 136 Å². The molecule has 11 heteroatoms. The van der Waals surface area contributed by atoms with E-state index in [0.29, 0.717) is 42.0 Å². The zero-order valence-electron chi connectivity index (χ0n) is 25.3. The van der Waals surface area contributed by atoms with Crippen molar-refractivity contribution in [2.45, 2.75) is 82.9 Å². The lowest BCUT2D eigenvalue weighted by Gasteiger charge is -2.37. The number of carboxylic acid groups (broad SMARTS) is 1. The van der Waals surface area contributed by atoms with Crippen LogP contribution in [0.15, 0.2) is 48.7 Å². The number of likely N-dealkylation sites (tertiary alicyclic amines) is 1.